The van der Waals surface area contributed by atoms with Crippen LogP contribution in [0.2, 0.25) is 0 Å². The minimum Gasteiger partial charge on any atom is -0.383 e. The molecule has 1 aliphatic heterocycles. The third-order valence-corrected chi connectivity index (χ3v) is 4.29. The van der Waals surface area contributed by atoms with Crippen LogP contribution in [0.5, 0.6) is 0 Å². The molecular weight excluding hydrogens is 276 g/mol. The van der Waals surface area contributed by atoms with E-state index in [1.807, 2.05) is 19.9 Å². The molecule has 0 amide bonds. The fraction of sp³-hybridized carbons (Fsp3) is 0.562. The number of likely N-dealkylation sites (tertiary alicyclic amines) is 1. The molecule has 1 saturated heterocycles. The maximum absolute atomic E-state index is 6.10. The van der Waals surface area contributed by atoms with Crippen molar-refractivity contribution in [3.8, 4) is 0 Å². The van der Waals surface area contributed by atoms with Crippen LogP contribution in [-0.2, 0) is 0 Å². The Hall–Kier alpha value is -1.95. The van der Waals surface area contributed by atoms with Crippen LogP contribution >= 0.6 is 0 Å². The van der Waals surface area contributed by atoms with E-state index in [1.54, 1.807) is 0 Å². The van der Waals surface area contributed by atoms with Crippen LogP contribution in [0.15, 0.2) is 6.07 Å². The summed E-state index contributed by atoms with van der Waals surface area (Å²) in [7, 11) is 2.17. The first-order valence-electron chi connectivity index (χ1n) is 7.87. The number of rotatable bonds is 3. The minimum atomic E-state index is 0.498. The van der Waals surface area contributed by atoms with E-state index in [0.29, 0.717) is 23.3 Å². The Balaban J connectivity index is 1.79. The van der Waals surface area contributed by atoms with Gasteiger partial charge in [0.1, 0.15) is 5.82 Å². The predicted molar refractivity (Wildman–Crippen MR) is 89.9 cm³/mol. The fourth-order valence-electron chi connectivity index (χ4n) is 3.26. The summed E-state index contributed by atoms with van der Waals surface area (Å²) in [4.78, 5) is 15.8. The highest BCUT2D eigenvalue weighted by Crippen LogP contribution is 2.23. The summed E-state index contributed by atoms with van der Waals surface area (Å²) in [5, 5.41) is 4.19. The normalized spacial score (nSPS) is 19.5. The Kier molecular flexibility index (Phi) is 4.11. The van der Waals surface area contributed by atoms with E-state index in [4.69, 9.17) is 5.73 Å². The standard InChI is InChI=1S/C16H24N6/c1-10-7-11(2)19-15-13(10)14(17)20-16(21-15)18-8-12-5-4-6-22(3)9-12/h7,12H,4-6,8-9H2,1-3H3,(H3,17,18,19,20,21). The van der Waals surface area contributed by atoms with Crippen LogP contribution in [0.3, 0.4) is 0 Å². The van der Waals surface area contributed by atoms with Gasteiger partial charge < -0.3 is 16.0 Å². The molecule has 2 aromatic rings. The summed E-state index contributed by atoms with van der Waals surface area (Å²) in [5.74, 6) is 1.71. The van der Waals surface area contributed by atoms with Gasteiger partial charge in [-0.15, -0.1) is 0 Å². The lowest BCUT2D eigenvalue weighted by Crippen LogP contribution is -2.35. The zero-order chi connectivity index (χ0) is 15.7. The molecule has 0 aromatic carbocycles. The lowest BCUT2D eigenvalue weighted by Gasteiger charge is -2.29. The number of aromatic nitrogens is 3. The number of nitrogens with one attached hydrogen (secondary N) is 1. The van der Waals surface area contributed by atoms with Gasteiger partial charge in [0.15, 0.2) is 5.65 Å². The van der Waals surface area contributed by atoms with Gasteiger partial charge in [-0.2, -0.15) is 9.97 Å². The third-order valence-electron chi connectivity index (χ3n) is 4.29. The summed E-state index contributed by atoms with van der Waals surface area (Å²) in [6, 6.07) is 2.01. The second kappa shape index (κ2) is 6.04. The van der Waals surface area contributed by atoms with Gasteiger partial charge in [-0.25, -0.2) is 4.98 Å². The number of piperidine rings is 1. The summed E-state index contributed by atoms with van der Waals surface area (Å²) >= 11 is 0. The van der Waals surface area contributed by atoms with Crippen LogP contribution in [0.4, 0.5) is 11.8 Å². The lowest BCUT2D eigenvalue weighted by molar-refractivity contribution is 0.217. The van der Waals surface area contributed by atoms with Crippen molar-refractivity contribution in [1.82, 2.24) is 19.9 Å². The second-order valence-electron chi connectivity index (χ2n) is 6.36. The Morgan fingerprint density at radius 2 is 2.14 bits per heavy atom. The molecule has 0 spiro atoms. The number of fused-ring (bicyclic) bond motifs is 1. The van der Waals surface area contributed by atoms with Gasteiger partial charge >= 0.3 is 0 Å². The monoisotopic (exact) mass is 300 g/mol. The van der Waals surface area contributed by atoms with Gasteiger partial charge in [0.05, 0.1) is 5.39 Å². The van der Waals surface area contributed by atoms with Gasteiger partial charge in [0.25, 0.3) is 0 Å². The van der Waals surface area contributed by atoms with Crippen molar-refractivity contribution < 1.29 is 0 Å². The average Bonchev–Trinajstić information content (AvgIpc) is 2.44. The smallest absolute Gasteiger partial charge is 0.226 e. The summed E-state index contributed by atoms with van der Waals surface area (Å²) in [6.07, 6.45) is 2.50. The van der Waals surface area contributed by atoms with E-state index >= 15 is 0 Å². The lowest BCUT2D eigenvalue weighted by atomic mass is 9.99. The zero-order valence-corrected chi connectivity index (χ0v) is 13.6. The van der Waals surface area contributed by atoms with Crippen LogP contribution < -0.4 is 11.1 Å². The highest BCUT2D eigenvalue weighted by Gasteiger charge is 2.17. The minimum absolute atomic E-state index is 0.498. The number of nitrogen functional groups attached to an aromatic ring is 1. The topological polar surface area (TPSA) is 80.0 Å². The largest absolute Gasteiger partial charge is 0.383 e. The molecule has 3 rings (SSSR count). The molecule has 2 aromatic heterocycles. The van der Waals surface area contributed by atoms with E-state index < -0.39 is 0 Å². The Morgan fingerprint density at radius 1 is 1.32 bits per heavy atom. The number of nitrogens with two attached hydrogens (primary N) is 1. The van der Waals surface area contributed by atoms with Gasteiger partial charge in [-0.3, -0.25) is 0 Å². The number of hydrogen-bond acceptors (Lipinski definition) is 6. The quantitative estimate of drug-likeness (QED) is 0.902. The second-order valence-corrected chi connectivity index (χ2v) is 6.36. The summed E-state index contributed by atoms with van der Waals surface area (Å²) in [6.45, 7) is 7.17. The van der Waals surface area contributed by atoms with E-state index in [9.17, 15) is 0 Å². The van der Waals surface area contributed by atoms with Crippen molar-refractivity contribution in [2.75, 3.05) is 37.7 Å². The molecule has 6 heteroatoms. The molecule has 0 aliphatic carbocycles. The molecule has 118 valence electrons. The average molecular weight is 300 g/mol. The van der Waals surface area contributed by atoms with Crippen molar-refractivity contribution in [1.29, 1.82) is 0 Å². The fourth-order valence-corrected chi connectivity index (χ4v) is 3.26. The van der Waals surface area contributed by atoms with E-state index in [1.165, 1.54) is 19.4 Å². The molecule has 1 unspecified atom stereocenters. The van der Waals surface area contributed by atoms with Crippen LogP contribution in [0.25, 0.3) is 11.0 Å². The van der Waals surface area contributed by atoms with Crippen LogP contribution in [0, 0.1) is 19.8 Å². The number of pyridine rings is 1. The van der Waals surface area contributed by atoms with Gasteiger partial charge in [0.2, 0.25) is 5.95 Å². The van der Waals surface area contributed by atoms with Crippen molar-refractivity contribution in [2.45, 2.75) is 26.7 Å². The maximum Gasteiger partial charge on any atom is 0.226 e. The van der Waals surface area contributed by atoms with E-state index in [2.05, 4.69) is 32.2 Å². The molecule has 0 bridgehead atoms. The molecule has 1 fully saturated rings. The SMILES string of the molecule is Cc1cc(C)c2c(N)nc(NCC3CCCN(C)C3)nc2n1. The van der Waals surface area contributed by atoms with E-state index in [0.717, 1.165) is 29.7 Å². The maximum atomic E-state index is 6.10. The Labute approximate surface area is 131 Å². The molecule has 0 saturated carbocycles. The van der Waals surface area contributed by atoms with Crippen molar-refractivity contribution in [3.63, 3.8) is 0 Å². The van der Waals surface area contributed by atoms with Gasteiger partial charge in [-0.05, 0) is 57.8 Å². The number of hydrogen-bond donors (Lipinski definition) is 2. The van der Waals surface area contributed by atoms with Crippen molar-refractivity contribution in [3.05, 3.63) is 17.3 Å². The molecule has 1 atom stereocenters. The molecule has 0 radical (unpaired) electrons. The first-order valence-corrected chi connectivity index (χ1v) is 7.87. The first-order chi connectivity index (χ1) is 10.5. The van der Waals surface area contributed by atoms with Crippen LogP contribution in [-0.4, -0.2) is 46.5 Å². The molecular formula is C16H24N6. The number of aryl methyl sites for hydroxylation is 2. The van der Waals surface area contributed by atoms with Crippen molar-refractivity contribution >= 4 is 22.8 Å². The van der Waals surface area contributed by atoms with E-state index in [-0.39, 0.29) is 0 Å². The van der Waals surface area contributed by atoms with Gasteiger partial charge in [-0.1, -0.05) is 0 Å². The highest BCUT2D eigenvalue weighted by atomic mass is 15.1. The molecule has 3 N–H and O–H groups in total. The first kappa shape index (κ1) is 15.0. The Morgan fingerprint density at radius 3 is 2.91 bits per heavy atom. The number of anilines is 2. The molecule has 1 aliphatic rings. The van der Waals surface area contributed by atoms with Crippen molar-refractivity contribution in [2.24, 2.45) is 5.92 Å². The Bertz CT molecular complexity index is 684. The predicted octanol–water partition coefficient (Wildman–Crippen LogP) is 1.98. The molecule has 6 nitrogen and oxygen atoms in total. The summed E-state index contributed by atoms with van der Waals surface area (Å²) < 4.78 is 0. The number of nitrogens with zero attached hydrogens (tertiary/aromatic N) is 4. The molecule has 3 heterocycles. The highest BCUT2D eigenvalue weighted by molar-refractivity contribution is 5.89. The van der Waals surface area contributed by atoms with Crippen LogP contribution in [0.1, 0.15) is 24.1 Å². The zero-order valence-electron chi connectivity index (χ0n) is 13.6. The third kappa shape index (κ3) is 3.11. The van der Waals surface area contributed by atoms with Gasteiger partial charge in [0, 0.05) is 18.8 Å². The molecule has 22 heavy (non-hydrogen) atoms. The summed E-state index contributed by atoms with van der Waals surface area (Å²) in [5.41, 5.74) is 8.79.